The quantitative estimate of drug-likeness (QED) is 0.472. The van der Waals surface area contributed by atoms with Crippen molar-refractivity contribution in [3.05, 3.63) is 51.6 Å². The number of aliphatic hydroxyl groups is 1. The molecule has 4 N–H and O–H groups in total. The third kappa shape index (κ3) is 5.51. The lowest BCUT2D eigenvalue weighted by molar-refractivity contribution is -0.143. The lowest BCUT2D eigenvalue weighted by Crippen LogP contribution is -2.20. The van der Waals surface area contributed by atoms with E-state index in [-0.39, 0.29) is 30.3 Å². The summed E-state index contributed by atoms with van der Waals surface area (Å²) in [6, 6.07) is 5.52. The number of carbonyl (C=O) groups excluding carboxylic acids is 2. The van der Waals surface area contributed by atoms with Crippen LogP contribution in [0.1, 0.15) is 36.3 Å². The number of nitrogens with two attached hydrogens (primary N) is 1. The molecular weight excluding hydrogens is 398 g/mol. The van der Waals surface area contributed by atoms with E-state index >= 15 is 0 Å². The minimum Gasteiger partial charge on any atom is -0.502 e. The Morgan fingerprint density at radius 1 is 1.23 bits per heavy atom. The number of esters is 1. The number of ether oxygens (including phenoxy) is 3. The zero-order valence-electron chi connectivity index (χ0n) is 16.5. The van der Waals surface area contributed by atoms with Crippen LogP contribution in [0.15, 0.2) is 33.5 Å². The molecule has 1 aromatic carbocycles. The molecule has 30 heavy (non-hydrogen) atoms. The number of benzene rings is 1. The summed E-state index contributed by atoms with van der Waals surface area (Å²) in [6.45, 7) is 0.778. The van der Waals surface area contributed by atoms with Crippen LogP contribution in [-0.2, 0) is 20.9 Å². The van der Waals surface area contributed by atoms with Crippen molar-refractivity contribution < 1.29 is 38.4 Å². The van der Waals surface area contributed by atoms with E-state index in [2.05, 4.69) is 0 Å². The van der Waals surface area contributed by atoms with Crippen molar-refractivity contribution in [1.29, 1.82) is 0 Å². The molecule has 0 aliphatic carbocycles. The number of hydrogen-bond donors (Lipinski definition) is 3. The maximum Gasteiger partial charge on any atom is 0.306 e. The maximum absolute atomic E-state index is 12.2. The number of aliphatic hydroxyl groups excluding tert-OH is 1. The van der Waals surface area contributed by atoms with Gasteiger partial charge in [0, 0.05) is 6.07 Å². The molecule has 0 bridgehead atoms. The van der Waals surface area contributed by atoms with Gasteiger partial charge in [-0.2, -0.15) is 0 Å². The first-order valence-electron chi connectivity index (χ1n) is 9.02. The molecule has 10 heteroatoms. The molecule has 0 saturated carbocycles. The highest BCUT2D eigenvalue weighted by molar-refractivity contribution is 5.75. The van der Waals surface area contributed by atoms with Crippen LogP contribution in [0, 0.1) is 0 Å². The van der Waals surface area contributed by atoms with Gasteiger partial charge in [0.1, 0.15) is 12.4 Å². The van der Waals surface area contributed by atoms with Gasteiger partial charge in [0.25, 0.3) is 5.91 Å². The summed E-state index contributed by atoms with van der Waals surface area (Å²) in [5.41, 5.74) is 4.75. The maximum atomic E-state index is 12.2. The Balaban J connectivity index is 2.59. The number of amides is 1. The Kier molecular flexibility index (Phi) is 7.82. The number of rotatable bonds is 10. The van der Waals surface area contributed by atoms with E-state index in [1.54, 1.807) is 13.0 Å². The first-order valence-corrected chi connectivity index (χ1v) is 9.02. The van der Waals surface area contributed by atoms with Crippen molar-refractivity contribution in [3.8, 4) is 17.2 Å². The van der Waals surface area contributed by atoms with Gasteiger partial charge in [-0.1, -0.05) is 6.07 Å². The van der Waals surface area contributed by atoms with Crippen LogP contribution in [-0.4, -0.2) is 42.4 Å². The second-order valence-electron chi connectivity index (χ2n) is 6.17. The fourth-order valence-corrected chi connectivity index (χ4v) is 2.79. The molecule has 1 heterocycles. The molecule has 0 saturated heterocycles. The second-order valence-corrected chi connectivity index (χ2v) is 6.17. The number of primary amides is 1. The summed E-state index contributed by atoms with van der Waals surface area (Å²) in [6.07, 6.45) is -0.277. The molecule has 0 fully saturated rings. The third-order valence-electron chi connectivity index (χ3n) is 4.11. The molecule has 10 nitrogen and oxygen atoms in total. The van der Waals surface area contributed by atoms with Crippen LogP contribution in [0.5, 0.6) is 17.2 Å². The van der Waals surface area contributed by atoms with Gasteiger partial charge >= 0.3 is 5.97 Å². The highest BCUT2D eigenvalue weighted by Gasteiger charge is 2.27. The Hall–Kier alpha value is -3.53. The van der Waals surface area contributed by atoms with E-state index in [4.69, 9.17) is 24.4 Å². The first-order chi connectivity index (χ1) is 14.3. The Morgan fingerprint density at radius 2 is 1.97 bits per heavy atom. The fourth-order valence-electron chi connectivity index (χ4n) is 2.79. The molecule has 1 atom stereocenters. The van der Waals surface area contributed by atoms with Crippen molar-refractivity contribution in [2.24, 2.45) is 5.73 Å². The number of hydrogen-bond acceptors (Lipinski definition) is 9. The smallest absolute Gasteiger partial charge is 0.306 e. The first kappa shape index (κ1) is 22.8. The van der Waals surface area contributed by atoms with Gasteiger partial charge in [-0.15, -0.1) is 0 Å². The Bertz CT molecular complexity index is 967. The summed E-state index contributed by atoms with van der Waals surface area (Å²) >= 11 is 0. The zero-order chi connectivity index (χ0) is 22.3. The van der Waals surface area contributed by atoms with Crippen molar-refractivity contribution in [3.63, 3.8) is 0 Å². The number of aromatic hydroxyl groups is 1. The molecule has 2 rings (SSSR count). The largest absolute Gasteiger partial charge is 0.502 e. The normalized spacial score (nSPS) is 11.6. The van der Waals surface area contributed by atoms with Gasteiger partial charge in [-0.3, -0.25) is 14.4 Å². The predicted molar refractivity (Wildman–Crippen MR) is 103 cm³/mol. The van der Waals surface area contributed by atoms with E-state index < -0.39 is 42.2 Å². The van der Waals surface area contributed by atoms with Gasteiger partial charge in [-0.25, -0.2) is 0 Å². The lowest BCUT2D eigenvalue weighted by Gasteiger charge is -2.19. The molecule has 0 aliphatic heterocycles. The van der Waals surface area contributed by atoms with Crippen LogP contribution in [0.4, 0.5) is 0 Å². The lowest BCUT2D eigenvalue weighted by atomic mass is 9.91. The molecule has 1 aromatic heterocycles. The standard InChI is InChI=1S/C20H23NO9/c1-3-28-18(25)8-13(20-19(26)14(23)7-12(9-22)30-20)11-4-5-15(27-2)16(6-11)29-10-17(21)24/h4-7,13,22,26H,3,8-10H2,1-2H3,(H2,21,24)/t13-/m0/s1. The monoisotopic (exact) mass is 421 g/mol. The van der Waals surface area contributed by atoms with Gasteiger partial charge in [0.05, 0.1) is 26.1 Å². The zero-order valence-corrected chi connectivity index (χ0v) is 16.5. The Labute approximate surface area is 171 Å². The highest BCUT2D eigenvalue weighted by atomic mass is 16.5. The SMILES string of the molecule is CCOC(=O)C[C@@H](c1ccc(OC)c(OCC(N)=O)c1)c1oc(CO)cc(=O)c1O. The number of methoxy groups -OCH3 is 1. The van der Waals surface area contributed by atoms with Crippen LogP contribution < -0.4 is 20.6 Å². The molecule has 0 aliphatic rings. The van der Waals surface area contributed by atoms with E-state index in [0.717, 1.165) is 6.07 Å². The second kappa shape index (κ2) is 10.3. The topological polar surface area (TPSA) is 159 Å². The summed E-state index contributed by atoms with van der Waals surface area (Å²) in [5, 5.41) is 19.6. The summed E-state index contributed by atoms with van der Waals surface area (Å²) in [4.78, 5) is 35.3. The van der Waals surface area contributed by atoms with E-state index in [1.165, 1.54) is 19.2 Å². The molecule has 2 aromatic rings. The average Bonchev–Trinajstić information content (AvgIpc) is 2.72. The van der Waals surface area contributed by atoms with Crippen molar-refractivity contribution >= 4 is 11.9 Å². The van der Waals surface area contributed by atoms with Crippen LogP contribution in [0.2, 0.25) is 0 Å². The molecule has 1 amide bonds. The van der Waals surface area contributed by atoms with Gasteiger partial charge < -0.3 is 34.6 Å². The van der Waals surface area contributed by atoms with E-state index in [9.17, 15) is 24.6 Å². The van der Waals surface area contributed by atoms with Gasteiger partial charge in [-0.05, 0) is 24.6 Å². The summed E-state index contributed by atoms with van der Waals surface area (Å²) in [5.74, 6) is -2.81. The summed E-state index contributed by atoms with van der Waals surface area (Å²) < 4.78 is 21.0. The van der Waals surface area contributed by atoms with Gasteiger partial charge in [0.15, 0.2) is 23.9 Å². The number of carbonyl (C=O) groups is 2. The van der Waals surface area contributed by atoms with Crippen molar-refractivity contribution in [2.45, 2.75) is 25.9 Å². The predicted octanol–water partition coefficient (Wildman–Crippen LogP) is 0.795. The van der Waals surface area contributed by atoms with Crippen molar-refractivity contribution in [1.82, 2.24) is 0 Å². The molecular formula is C20H23NO9. The van der Waals surface area contributed by atoms with Crippen LogP contribution in [0.3, 0.4) is 0 Å². The van der Waals surface area contributed by atoms with Crippen LogP contribution in [0.25, 0.3) is 0 Å². The third-order valence-corrected chi connectivity index (χ3v) is 4.11. The summed E-state index contributed by atoms with van der Waals surface area (Å²) in [7, 11) is 1.40. The van der Waals surface area contributed by atoms with Gasteiger partial charge in [0.2, 0.25) is 11.2 Å². The molecule has 0 spiro atoms. The average molecular weight is 421 g/mol. The fraction of sp³-hybridized carbons (Fsp3) is 0.350. The Morgan fingerprint density at radius 3 is 2.57 bits per heavy atom. The molecule has 0 radical (unpaired) electrons. The van der Waals surface area contributed by atoms with Crippen molar-refractivity contribution in [2.75, 3.05) is 20.3 Å². The minimum absolute atomic E-state index is 0.0830. The van der Waals surface area contributed by atoms with E-state index in [0.29, 0.717) is 11.3 Å². The molecule has 162 valence electrons. The molecule has 0 unspecified atom stereocenters. The van der Waals surface area contributed by atoms with E-state index in [1.807, 2.05) is 0 Å². The highest BCUT2D eigenvalue weighted by Crippen LogP contribution is 2.37. The van der Waals surface area contributed by atoms with Crippen LogP contribution >= 0.6 is 0 Å². The minimum atomic E-state index is -0.954.